The number of benzene rings is 2. The maximum Gasteiger partial charge on any atom is 0.280 e. The van der Waals surface area contributed by atoms with Crippen LogP contribution in [-0.4, -0.2) is 31.0 Å². The number of aryl methyl sites for hydroxylation is 3. The largest absolute Gasteiger partial charge is 0.325 e. The monoisotopic (exact) mass is 495 g/mol. The van der Waals surface area contributed by atoms with Gasteiger partial charge in [-0.25, -0.2) is 4.98 Å². The highest BCUT2D eigenvalue weighted by atomic mass is 35.5. The number of nitrogens with one attached hydrogen (secondary N) is 1. The minimum Gasteiger partial charge on any atom is -0.325 e. The Labute approximate surface area is 207 Å². The maximum atomic E-state index is 13.5. The van der Waals surface area contributed by atoms with E-state index in [1.54, 1.807) is 21.4 Å². The Hall–Kier alpha value is -3.10. The van der Waals surface area contributed by atoms with Gasteiger partial charge in [-0.3, -0.25) is 18.8 Å². The van der Waals surface area contributed by atoms with Crippen LogP contribution in [0, 0.1) is 6.92 Å². The van der Waals surface area contributed by atoms with E-state index < -0.39 is 0 Å². The molecule has 34 heavy (non-hydrogen) atoms. The molecule has 2 aromatic heterocycles. The molecule has 176 valence electrons. The first-order chi connectivity index (χ1) is 16.4. The lowest BCUT2D eigenvalue weighted by atomic mass is 10.1. The van der Waals surface area contributed by atoms with Crippen molar-refractivity contribution in [3.63, 3.8) is 0 Å². The lowest BCUT2D eigenvalue weighted by Crippen LogP contribution is -2.26. The Morgan fingerprint density at radius 2 is 1.74 bits per heavy atom. The summed E-state index contributed by atoms with van der Waals surface area (Å²) in [6, 6.07) is 15.1. The van der Waals surface area contributed by atoms with E-state index in [4.69, 9.17) is 16.6 Å². The number of nitrogens with zero attached hydrogens (tertiary/aromatic N) is 4. The van der Waals surface area contributed by atoms with Gasteiger partial charge in [0.1, 0.15) is 5.52 Å². The topological polar surface area (TPSA) is 81.8 Å². The van der Waals surface area contributed by atoms with Gasteiger partial charge in [0, 0.05) is 17.3 Å². The summed E-state index contributed by atoms with van der Waals surface area (Å²) in [5.74, 6) is -0.0442. The number of hydrogen-bond acceptors (Lipinski definition) is 5. The second-order valence-corrected chi connectivity index (χ2v) is 9.28. The summed E-state index contributed by atoms with van der Waals surface area (Å²) in [4.78, 5) is 30.9. The van der Waals surface area contributed by atoms with Crippen LogP contribution in [0.1, 0.15) is 30.7 Å². The summed E-state index contributed by atoms with van der Waals surface area (Å²) in [6.07, 6.45) is 0.942. The third-order valence-electron chi connectivity index (χ3n) is 5.51. The van der Waals surface area contributed by atoms with Crippen molar-refractivity contribution in [2.24, 2.45) is 0 Å². The summed E-state index contributed by atoms with van der Waals surface area (Å²) in [7, 11) is 0. The lowest BCUT2D eigenvalue weighted by Gasteiger charge is -2.13. The van der Waals surface area contributed by atoms with Crippen molar-refractivity contribution in [2.45, 2.75) is 45.4 Å². The fourth-order valence-electron chi connectivity index (χ4n) is 3.69. The number of carbonyl (C=O) groups is 1. The summed E-state index contributed by atoms with van der Waals surface area (Å²) >= 11 is 7.26. The molecule has 0 aliphatic rings. The summed E-state index contributed by atoms with van der Waals surface area (Å²) < 4.78 is 3.28. The zero-order valence-electron chi connectivity index (χ0n) is 19.3. The van der Waals surface area contributed by atoms with E-state index in [2.05, 4.69) is 17.3 Å². The molecule has 0 radical (unpaired) electrons. The van der Waals surface area contributed by atoms with Crippen molar-refractivity contribution in [3.05, 3.63) is 80.7 Å². The van der Waals surface area contributed by atoms with E-state index in [9.17, 15) is 9.59 Å². The average Bonchev–Trinajstić information content (AvgIpc) is 3.17. The number of halogens is 1. The first kappa shape index (κ1) is 24.0. The molecule has 0 aliphatic heterocycles. The van der Waals surface area contributed by atoms with Crippen molar-refractivity contribution >= 4 is 46.0 Å². The molecule has 2 heterocycles. The van der Waals surface area contributed by atoms with E-state index in [-0.39, 0.29) is 17.2 Å². The van der Waals surface area contributed by atoms with Crippen LogP contribution in [0.2, 0.25) is 5.02 Å². The smallest absolute Gasteiger partial charge is 0.280 e. The minimum atomic E-state index is -0.180. The molecule has 9 heteroatoms. The number of hydrogen-bond donors (Lipinski definition) is 1. The van der Waals surface area contributed by atoms with Gasteiger partial charge in [-0.05, 0) is 55.7 Å². The second kappa shape index (κ2) is 10.4. The number of aromatic nitrogens is 4. The van der Waals surface area contributed by atoms with Gasteiger partial charge in [0.25, 0.3) is 5.56 Å². The zero-order chi connectivity index (χ0) is 24.2. The average molecular weight is 496 g/mol. The third kappa shape index (κ3) is 5.18. The quantitative estimate of drug-likeness (QED) is 0.277. The van der Waals surface area contributed by atoms with Gasteiger partial charge < -0.3 is 5.32 Å². The van der Waals surface area contributed by atoms with Gasteiger partial charge in [0.2, 0.25) is 5.91 Å². The van der Waals surface area contributed by atoms with Crippen molar-refractivity contribution < 1.29 is 4.79 Å². The molecule has 0 saturated heterocycles. The highest BCUT2D eigenvalue weighted by Crippen LogP contribution is 2.22. The Balaban J connectivity index is 1.64. The molecule has 2 aromatic carbocycles. The SMILES string of the molecule is CCc1ccc(NC(=O)CSc2nc3c(C)nn(CC)c3c(=O)n2Cc2ccc(Cl)cc2)cc1. The Bertz CT molecular complexity index is 1380. The molecule has 0 unspecified atom stereocenters. The van der Waals surface area contributed by atoms with Crippen molar-refractivity contribution in [1.29, 1.82) is 0 Å². The second-order valence-electron chi connectivity index (χ2n) is 7.90. The van der Waals surface area contributed by atoms with Crippen LogP contribution < -0.4 is 10.9 Å². The molecule has 0 atom stereocenters. The van der Waals surface area contributed by atoms with Gasteiger partial charge in [-0.1, -0.05) is 54.6 Å². The Kier molecular flexibility index (Phi) is 7.38. The molecule has 0 fully saturated rings. The fraction of sp³-hybridized carbons (Fsp3) is 0.280. The van der Waals surface area contributed by atoms with Gasteiger partial charge in [0.05, 0.1) is 18.0 Å². The molecule has 7 nitrogen and oxygen atoms in total. The van der Waals surface area contributed by atoms with Gasteiger partial charge in [-0.2, -0.15) is 5.10 Å². The molecule has 0 saturated carbocycles. The van der Waals surface area contributed by atoms with E-state index in [0.29, 0.717) is 40.0 Å². The summed E-state index contributed by atoms with van der Waals surface area (Å²) in [6.45, 7) is 6.74. The van der Waals surface area contributed by atoms with Crippen LogP contribution in [0.3, 0.4) is 0 Å². The molecule has 4 aromatic rings. The molecule has 1 N–H and O–H groups in total. The highest BCUT2D eigenvalue weighted by molar-refractivity contribution is 7.99. The molecular formula is C25H26ClN5O2S. The molecule has 4 rings (SSSR count). The number of amides is 1. The number of fused-ring (bicyclic) bond motifs is 1. The Morgan fingerprint density at radius 3 is 2.38 bits per heavy atom. The van der Waals surface area contributed by atoms with Crippen LogP contribution in [0.25, 0.3) is 11.0 Å². The number of anilines is 1. The normalized spacial score (nSPS) is 11.2. The van der Waals surface area contributed by atoms with Gasteiger partial charge >= 0.3 is 0 Å². The van der Waals surface area contributed by atoms with Crippen LogP contribution in [0.15, 0.2) is 58.5 Å². The first-order valence-corrected chi connectivity index (χ1v) is 12.5. The van der Waals surface area contributed by atoms with Crippen LogP contribution in [0.5, 0.6) is 0 Å². The van der Waals surface area contributed by atoms with E-state index in [1.807, 2.05) is 50.2 Å². The maximum absolute atomic E-state index is 13.5. The van der Waals surface area contributed by atoms with Gasteiger partial charge in [0.15, 0.2) is 10.7 Å². The van der Waals surface area contributed by atoms with Crippen molar-refractivity contribution in [1.82, 2.24) is 19.3 Å². The van der Waals surface area contributed by atoms with Crippen LogP contribution >= 0.6 is 23.4 Å². The highest BCUT2D eigenvalue weighted by Gasteiger charge is 2.19. The summed E-state index contributed by atoms with van der Waals surface area (Å²) in [5.41, 5.74) is 4.41. The third-order valence-corrected chi connectivity index (χ3v) is 6.74. The van der Waals surface area contributed by atoms with E-state index in [1.165, 1.54) is 17.3 Å². The van der Waals surface area contributed by atoms with Crippen LogP contribution in [-0.2, 0) is 24.3 Å². The molecule has 1 amide bonds. The molecular weight excluding hydrogens is 470 g/mol. The predicted octanol–water partition coefficient (Wildman–Crippen LogP) is 4.92. The number of carbonyl (C=O) groups excluding carboxylic acids is 1. The molecule has 0 aliphatic carbocycles. The Morgan fingerprint density at radius 1 is 1.06 bits per heavy atom. The fourth-order valence-corrected chi connectivity index (χ4v) is 4.61. The number of rotatable bonds is 8. The number of thioether (sulfide) groups is 1. The van der Waals surface area contributed by atoms with E-state index in [0.717, 1.165) is 17.7 Å². The first-order valence-electron chi connectivity index (χ1n) is 11.1. The summed E-state index contributed by atoms with van der Waals surface area (Å²) in [5, 5.41) is 8.48. The van der Waals surface area contributed by atoms with Crippen molar-refractivity contribution in [2.75, 3.05) is 11.1 Å². The standard InChI is InChI=1S/C25H26ClN5O2S/c1-4-17-8-12-20(13-9-17)27-21(32)15-34-25-28-22-16(3)29-31(5-2)23(22)24(33)30(25)14-18-6-10-19(26)11-7-18/h6-13H,4-5,14-15H2,1-3H3,(H,27,32). The molecule has 0 spiro atoms. The zero-order valence-corrected chi connectivity index (χ0v) is 20.9. The minimum absolute atomic E-state index is 0.120. The van der Waals surface area contributed by atoms with Crippen molar-refractivity contribution in [3.8, 4) is 0 Å². The predicted molar refractivity (Wildman–Crippen MR) is 138 cm³/mol. The van der Waals surface area contributed by atoms with E-state index >= 15 is 0 Å². The van der Waals surface area contributed by atoms with Gasteiger partial charge in [-0.15, -0.1) is 0 Å². The van der Waals surface area contributed by atoms with Crippen LogP contribution in [0.4, 0.5) is 5.69 Å². The lowest BCUT2D eigenvalue weighted by molar-refractivity contribution is -0.113. The molecule has 0 bridgehead atoms.